The second kappa shape index (κ2) is 9.43. The fourth-order valence-electron chi connectivity index (χ4n) is 2.74. The second-order valence-corrected chi connectivity index (χ2v) is 7.82. The highest BCUT2D eigenvalue weighted by atomic mass is 32.2. The van der Waals surface area contributed by atoms with Gasteiger partial charge >= 0.3 is 0 Å². The third-order valence-electron chi connectivity index (χ3n) is 4.25. The molecule has 0 saturated heterocycles. The first kappa shape index (κ1) is 21.5. The quantitative estimate of drug-likeness (QED) is 0.388. The summed E-state index contributed by atoms with van der Waals surface area (Å²) < 4.78 is 27.2. The predicted octanol–water partition coefficient (Wildman–Crippen LogP) is 3.85. The number of sulfonamides is 1. The van der Waals surface area contributed by atoms with Crippen molar-refractivity contribution in [1.29, 1.82) is 0 Å². The van der Waals surface area contributed by atoms with Gasteiger partial charge < -0.3 is 0 Å². The number of hydrazone groups is 1. The Kier molecular flexibility index (Phi) is 7.24. The van der Waals surface area contributed by atoms with Crippen LogP contribution in [-0.4, -0.2) is 36.4 Å². The van der Waals surface area contributed by atoms with E-state index in [0.29, 0.717) is 6.42 Å². The minimum absolute atomic E-state index is 0.169. The molecule has 8 nitrogen and oxygen atoms in total. The number of benzene rings is 2. The molecule has 0 radical (unpaired) electrons. The van der Waals surface area contributed by atoms with Crippen molar-refractivity contribution in [3.8, 4) is 0 Å². The number of nitro benzene ring substituents is 1. The zero-order chi connectivity index (χ0) is 20.7. The van der Waals surface area contributed by atoms with E-state index in [0.717, 1.165) is 17.3 Å². The smallest absolute Gasteiger partial charge is 0.270 e. The van der Waals surface area contributed by atoms with Gasteiger partial charge in [-0.2, -0.15) is 9.41 Å². The fraction of sp³-hybridized carbons (Fsp3) is 0.316. The first-order chi connectivity index (χ1) is 13.3. The van der Waals surface area contributed by atoms with E-state index >= 15 is 0 Å². The molecule has 0 fully saturated rings. The lowest BCUT2D eigenvalue weighted by Crippen LogP contribution is -2.31. The molecule has 1 N–H and O–H groups in total. The summed E-state index contributed by atoms with van der Waals surface area (Å²) in [6.07, 6.45) is 0.627. The van der Waals surface area contributed by atoms with Gasteiger partial charge in [0.2, 0.25) is 10.0 Å². The van der Waals surface area contributed by atoms with E-state index in [1.165, 1.54) is 16.4 Å². The predicted molar refractivity (Wildman–Crippen MR) is 110 cm³/mol. The summed E-state index contributed by atoms with van der Waals surface area (Å²) in [7, 11) is -3.91. The van der Waals surface area contributed by atoms with Crippen LogP contribution in [0.15, 0.2) is 58.5 Å². The molecule has 0 unspecified atom stereocenters. The average molecular weight is 404 g/mol. The van der Waals surface area contributed by atoms with Gasteiger partial charge in [0, 0.05) is 25.2 Å². The van der Waals surface area contributed by atoms with E-state index in [2.05, 4.69) is 10.5 Å². The van der Waals surface area contributed by atoms with Crippen LogP contribution in [0.3, 0.4) is 0 Å². The molecule has 0 aliphatic heterocycles. The highest BCUT2D eigenvalue weighted by Gasteiger charge is 2.27. The molecule has 0 aliphatic rings. The highest BCUT2D eigenvalue weighted by molar-refractivity contribution is 7.89. The molecule has 0 atom stereocenters. The molecule has 150 valence electrons. The van der Waals surface area contributed by atoms with Gasteiger partial charge in [-0.3, -0.25) is 15.5 Å². The average Bonchev–Trinajstić information content (AvgIpc) is 2.70. The van der Waals surface area contributed by atoms with Gasteiger partial charge in [0.25, 0.3) is 5.69 Å². The van der Waals surface area contributed by atoms with Gasteiger partial charge in [-0.15, -0.1) is 0 Å². The van der Waals surface area contributed by atoms with Gasteiger partial charge in [-0.25, -0.2) is 8.42 Å². The Morgan fingerprint density at radius 3 is 2.29 bits per heavy atom. The van der Waals surface area contributed by atoms with Crippen molar-refractivity contribution in [1.82, 2.24) is 4.31 Å². The number of non-ortho nitro benzene ring substituents is 1. The zero-order valence-corrected chi connectivity index (χ0v) is 16.9. The van der Waals surface area contributed by atoms with Gasteiger partial charge in [-0.05, 0) is 18.1 Å². The monoisotopic (exact) mass is 404 g/mol. The number of nitro groups is 1. The van der Waals surface area contributed by atoms with Crippen LogP contribution in [0.1, 0.15) is 32.8 Å². The maximum absolute atomic E-state index is 13.0. The Morgan fingerprint density at radius 1 is 1.11 bits per heavy atom. The van der Waals surface area contributed by atoms with Gasteiger partial charge in [-0.1, -0.05) is 51.1 Å². The lowest BCUT2D eigenvalue weighted by molar-refractivity contribution is -0.385. The number of hydrogen-bond acceptors (Lipinski definition) is 6. The van der Waals surface area contributed by atoms with Crippen molar-refractivity contribution >= 4 is 27.1 Å². The number of nitrogens with zero attached hydrogens (tertiary/aromatic N) is 3. The number of rotatable bonds is 9. The van der Waals surface area contributed by atoms with Gasteiger partial charge in [0.15, 0.2) is 0 Å². The topological polar surface area (TPSA) is 105 Å². The Labute approximate surface area is 165 Å². The molecule has 0 saturated carbocycles. The summed E-state index contributed by atoms with van der Waals surface area (Å²) in [6, 6.07) is 13.2. The number of anilines is 1. The molecule has 0 bridgehead atoms. The Bertz CT molecular complexity index is 955. The van der Waals surface area contributed by atoms with Crippen molar-refractivity contribution in [2.24, 2.45) is 5.10 Å². The van der Waals surface area contributed by atoms with Crippen LogP contribution < -0.4 is 5.43 Å². The Morgan fingerprint density at radius 2 is 1.75 bits per heavy atom. The van der Waals surface area contributed by atoms with E-state index < -0.39 is 14.9 Å². The van der Waals surface area contributed by atoms with Crippen molar-refractivity contribution in [2.45, 2.75) is 32.1 Å². The van der Waals surface area contributed by atoms with Crippen LogP contribution in [0, 0.1) is 10.1 Å². The molecule has 0 heterocycles. The van der Waals surface area contributed by atoms with E-state index in [1.54, 1.807) is 13.8 Å². The molecule has 28 heavy (non-hydrogen) atoms. The van der Waals surface area contributed by atoms with Gasteiger partial charge in [0.05, 0.1) is 16.3 Å². The normalized spacial score (nSPS) is 12.2. The Balaban J connectivity index is 2.52. The molecule has 2 aromatic carbocycles. The summed E-state index contributed by atoms with van der Waals surface area (Å²) in [5.41, 5.74) is 4.35. The standard InChI is InChI=1S/C19H24N4O4S/c1-4-17(15-10-8-7-9-11-15)20-21-18-13-12-16(23(24)25)14-19(18)28(26,27)22(5-2)6-3/h7-14,21H,4-6H2,1-3H3/b20-17+. The molecule has 9 heteroatoms. The lowest BCUT2D eigenvalue weighted by Gasteiger charge is -2.20. The van der Waals surface area contributed by atoms with Crippen molar-refractivity contribution < 1.29 is 13.3 Å². The minimum atomic E-state index is -3.91. The van der Waals surface area contributed by atoms with E-state index in [4.69, 9.17) is 0 Å². The van der Waals surface area contributed by atoms with E-state index in [1.807, 2.05) is 37.3 Å². The van der Waals surface area contributed by atoms with Crippen molar-refractivity contribution in [3.63, 3.8) is 0 Å². The second-order valence-electron chi connectivity index (χ2n) is 5.92. The zero-order valence-electron chi connectivity index (χ0n) is 16.1. The summed E-state index contributed by atoms with van der Waals surface area (Å²) in [4.78, 5) is 10.4. The first-order valence-electron chi connectivity index (χ1n) is 9.01. The number of hydrogen-bond donors (Lipinski definition) is 1. The molecule has 2 aromatic rings. The molecular weight excluding hydrogens is 380 g/mol. The van der Waals surface area contributed by atoms with E-state index in [9.17, 15) is 18.5 Å². The van der Waals surface area contributed by atoms with Crippen LogP contribution in [0.25, 0.3) is 0 Å². The summed E-state index contributed by atoms with van der Waals surface area (Å²) in [5.74, 6) is 0. The van der Waals surface area contributed by atoms with Crippen LogP contribution in [0.5, 0.6) is 0 Å². The molecule has 0 amide bonds. The third-order valence-corrected chi connectivity index (χ3v) is 6.34. The summed E-state index contributed by atoms with van der Waals surface area (Å²) in [6.45, 7) is 5.89. The molecule has 0 aromatic heterocycles. The maximum atomic E-state index is 13.0. The van der Waals surface area contributed by atoms with Crippen LogP contribution >= 0.6 is 0 Å². The van der Waals surface area contributed by atoms with Crippen molar-refractivity contribution in [2.75, 3.05) is 18.5 Å². The third kappa shape index (κ3) is 4.73. The molecular formula is C19H24N4O4S. The van der Waals surface area contributed by atoms with Crippen LogP contribution in [0.4, 0.5) is 11.4 Å². The van der Waals surface area contributed by atoms with E-state index in [-0.39, 0.29) is 29.4 Å². The minimum Gasteiger partial charge on any atom is -0.277 e. The highest BCUT2D eigenvalue weighted by Crippen LogP contribution is 2.29. The fourth-order valence-corrected chi connectivity index (χ4v) is 4.36. The van der Waals surface area contributed by atoms with Crippen LogP contribution in [0.2, 0.25) is 0 Å². The summed E-state index contributed by atoms with van der Waals surface area (Å²) >= 11 is 0. The largest absolute Gasteiger partial charge is 0.277 e. The van der Waals surface area contributed by atoms with Crippen molar-refractivity contribution in [3.05, 3.63) is 64.2 Å². The lowest BCUT2D eigenvalue weighted by atomic mass is 10.1. The SMILES string of the molecule is CC/C(=N\Nc1ccc([N+](=O)[O-])cc1S(=O)(=O)N(CC)CC)c1ccccc1. The maximum Gasteiger partial charge on any atom is 0.270 e. The summed E-state index contributed by atoms with van der Waals surface area (Å²) in [5, 5.41) is 15.5. The first-order valence-corrected chi connectivity index (χ1v) is 10.5. The van der Waals surface area contributed by atoms with Crippen LogP contribution in [-0.2, 0) is 10.0 Å². The van der Waals surface area contributed by atoms with Gasteiger partial charge in [0.1, 0.15) is 4.90 Å². The molecule has 0 aliphatic carbocycles. The number of nitrogens with one attached hydrogen (secondary N) is 1. The molecule has 0 spiro atoms. The Hall–Kier alpha value is -2.78. The molecule has 2 rings (SSSR count).